The van der Waals surface area contributed by atoms with E-state index in [1.165, 1.54) is 0 Å². The van der Waals surface area contributed by atoms with Crippen molar-refractivity contribution in [1.29, 1.82) is 0 Å². The Morgan fingerprint density at radius 2 is 1.94 bits per heavy atom. The molecule has 18 heavy (non-hydrogen) atoms. The highest BCUT2D eigenvalue weighted by Crippen LogP contribution is 2.20. The second kappa shape index (κ2) is 6.70. The Morgan fingerprint density at radius 1 is 1.33 bits per heavy atom. The lowest BCUT2D eigenvalue weighted by Crippen LogP contribution is -2.54. The number of rotatable bonds is 6. The number of carbonyl (C=O) groups is 2. The van der Waals surface area contributed by atoms with Gasteiger partial charge in [-0.15, -0.1) is 0 Å². The van der Waals surface area contributed by atoms with Gasteiger partial charge in [0.25, 0.3) is 0 Å². The molecule has 0 aromatic rings. The van der Waals surface area contributed by atoms with Crippen molar-refractivity contribution in [3.8, 4) is 0 Å². The molecule has 1 rings (SSSR count). The molecule has 6 nitrogen and oxygen atoms in total. The minimum absolute atomic E-state index is 0.0251. The first-order chi connectivity index (χ1) is 8.47. The molecule has 3 N–H and O–H groups in total. The van der Waals surface area contributed by atoms with E-state index < -0.39 is 11.5 Å². The summed E-state index contributed by atoms with van der Waals surface area (Å²) in [5.41, 5.74) is -0.599. The molecule has 0 radical (unpaired) electrons. The van der Waals surface area contributed by atoms with Crippen LogP contribution < -0.4 is 5.32 Å². The van der Waals surface area contributed by atoms with Crippen molar-refractivity contribution in [3.05, 3.63) is 0 Å². The Balaban J connectivity index is 2.44. The second-order valence-corrected chi connectivity index (χ2v) is 5.01. The molecule has 1 amide bonds. The van der Waals surface area contributed by atoms with Crippen molar-refractivity contribution in [2.75, 3.05) is 19.8 Å². The topological polar surface area (TPSA) is 95.9 Å². The fourth-order valence-electron chi connectivity index (χ4n) is 2.12. The maximum Gasteiger partial charge on any atom is 0.303 e. The van der Waals surface area contributed by atoms with E-state index in [1.54, 1.807) is 6.92 Å². The van der Waals surface area contributed by atoms with Gasteiger partial charge in [-0.25, -0.2) is 0 Å². The SMILES string of the molecule is CC(CC(=O)O)CC(=O)NC1(CO)CCOCC1. The van der Waals surface area contributed by atoms with Gasteiger partial charge in [0.1, 0.15) is 0 Å². The molecule has 6 heteroatoms. The van der Waals surface area contributed by atoms with Crippen molar-refractivity contribution >= 4 is 11.9 Å². The Hall–Kier alpha value is -1.14. The lowest BCUT2D eigenvalue weighted by atomic mass is 9.90. The first-order valence-corrected chi connectivity index (χ1v) is 6.19. The van der Waals surface area contributed by atoms with E-state index in [1.807, 2.05) is 0 Å². The van der Waals surface area contributed by atoms with Crippen molar-refractivity contribution < 1.29 is 24.5 Å². The lowest BCUT2D eigenvalue weighted by Gasteiger charge is -2.36. The van der Waals surface area contributed by atoms with Crippen LogP contribution in [0.15, 0.2) is 0 Å². The van der Waals surface area contributed by atoms with Gasteiger partial charge in [0.2, 0.25) is 5.91 Å². The number of hydrogen-bond donors (Lipinski definition) is 3. The van der Waals surface area contributed by atoms with E-state index in [0.717, 1.165) is 0 Å². The molecule has 1 unspecified atom stereocenters. The summed E-state index contributed by atoms with van der Waals surface area (Å²) in [5.74, 6) is -1.32. The van der Waals surface area contributed by atoms with Gasteiger partial charge in [0.05, 0.1) is 12.1 Å². The number of carboxylic acids is 1. The highest BCUT2D eigenvalue weighted by Gasteiger charge is 2.33. The summed E-state index contributed by atoms with van der Waals surface area (Å²) in [6, 6.07) is 0. The molecule has 1 fully saturated rings. The van der Waals surface area contributed by atoms with Crippen molar-refractivity contribution in [2.24, 2.45) is 5.92 Å². The van der Waals surface area contributed by atoms with Crippen molar-refractivity contribution in [3.63, 3.8) is 0 Å². The average molecular weight is 259 g/mol. The van der Waals surface area contributed by atoms with Crippen LogP contribution in [0.1, 0.15) is 32.6 Å². The molecule has 0 spiro atoms. The first kappa shape index (κ1) is 14.9. The number of aliphatic hydroxyl groups excluding tert-OH is 1. The van der Waals surface area contributed by atoms with Crippen LogP contribution in [0.2, 0.25) is 0 Å². The number of aliphatic carboxylic acids is 1. The van der Waals surface area contributed by atoms with E-state index in [2.05, 4.69) is 5.32 Å². The highest BCUT2D eigenvalue weighted by molar-refractivity contribution is 5.78. The van der Waals surface area contributed by atoms with Gasteiger partial charge < -0.3 is 20.3 Å². The summed E-state index contributed by atoms with van der Waals surface area (Å²) in [7, 11) is 0. The number of carboxylic acid groups (broad SMARTS) is 1. The minimum Gasteiger partial charge on any atom is -0.481 e. The largest absolute Gasteiger partial charge is 0.481 e. The molecule has 0 aliphatic carbocycles. The molecular formula is C12H21NO5. The average Bonchev–Trinajstić information content (AvgIpc) is 2.28. The van der Waals surface area contributed by atoms with Crippen LogP contribution in [0.4, 0.5) is 0 Å². The zero-order valence-electron chi connectivity index (χ0n) is 10.6. The molecule has 104 valence electrons. The van der Waals surface area contributed by atoms with Gasteiger partial charge in [-0.05, 0) is 18.8 Å². The molecule has 0 saturated carbocycles. The fourth-order valence-corrected chi connectivity index (χ4v) is 2.12. The van der Waals surface area contributed by atoms with E-state index in [9.17, 15) is 14.7 Å². The summed E-state index contributed by atoms with van der Waals surface area (Å²) in [6.07, 6.45) is 1.31. The van der Waals surface area contributed by atoms with E-state index >= 15 is 0 Å². The molecule has 1 aliphatic rings. The van der Waals surface area contributed by atoms with Crippen LogP contribution in [0, 0.1) is 5.92 Å². The van der Waals surface area contributed by atoms with Crippen molar-refractivity contribution in [1.82, 2.24) is 5.32 Å². The van der Waals surface area contributed by atoms with Gasteiger partial charge in [-0.3, -0.25) is 9.59 Å². The zero-order valence-corrected chi connectivity index (χ0v) is 10.6. The lowest BCUT2D eigenvalue weighted by molar-refractivity contribution is -0.138. The van der Waals surface area contributed by atoms with Gasteiger partial charge in [-0.2, -0.15) is 0 Å². The highest BCUT2D eigenvalue weighted by atomic mass is 16.5. The first-order valence-electron chi connectivity index (χ1n) is 6.19. The standard InChI is InChI=1S/C12H21NO5/c1-9(7-11(16)17)6-10(15)13-12(8-14)2-4-18-5-3-12/h9,14H,2-8H2,1H3,(H,13,15)(H,16,17). The van der Waals surface area contributed by atoms with E-state index in [4.69, 9.17) is 9.84 Å². The predicted molar refractivity (Wildman–Crippen MR) is 64.0 cm³/mol. The van der Waals surface area contributed by atoms with Gasteiger partial charge in [0, 0.05) is 26.1 Å². The van der Waals surface area contributed by atoms with E-state index in [-0.39, 0.29) is 31.3 Å². The predicted octanol–water partition coefficient (Wildman–Crippen LogP) is 0.145. The molecule has 1 atom stereocenters. The third-order valence-corrected chi connectivity index (χ3v) is 3.21. The molecule has 1 saturated heterocycles. The van der Waals surface area contributed by atoms with Gasteiger partial charge in [-0.1, -0.05) is 6.92 Å². The molecule has 0 aromatic heterocycles. The fraction of sp³-hybridized carbons (Fsp3) is 0.833. The monoisotopic (exact) mass is 259 g/mol. The summed E-state index contributed by atoms with van der Waals surface area (Å²) < 4.78 is 5.20. The van der Waals surface area contributed by atoms with Crippen LogP contribution in [0.5, 0.6) is 0 Å². The number of carbonyl (C=O) groups excluding carboxylic acids is 1. The molecular weight excluding hydrogens is 238 g/mol. The number of hydrogen-bond acceptors (Lipinski definition) is 4. The molecule has 0 aromatic carbocycles. The second-order valence-electron chi connectivity index (χ2n) is 5.01. The number of aliphatic hydroxyl groups is 1. The Bertz CT molecular complexity index is 299. The number of ether oxygens (including phenoxy) is 1. The summed E-state index contributed by atoms with van der Waals surface area (Å²) in [4.78, 5) is 22.3. The molecule has 0 bridgehead atoms. The Kier molecular flexibility index (Phi) is 5.55. The summed E-state index contributed by atoms with van der Waals surface area (Å²) in [5, 5.41) is 20.9. The Morgan fingerprint density at radius 3 is 2.44 bits per heavy atom. The quantitative estimate of drug-likeness (QED) is 0.631. The van der Waals surface area contributed by atoms with Gasteiger partial charge >= 0.3 is 5.97 Å². The number of nitrogens with one attached hydrogen (secondary N) is 1. The van der Waals surface area contributed by atoms with Crippen molar-refractivity contribution in [2.45, 2.75) is 38.1 Å². The zero-order chi connectivity index (χ0) is 13.6. The maximum absolute atomic E-state index is 11.8. The maximum atomic E-state index is 11.8. The van der Waals surface area contributed by atoms with Crippen LogP contribution in [0.25, 0.3) is 0 Å². The van der Waals surface area contributed by atoms with Crippen LogP contribution in [0.3, 0.4) is 0 Å². The Labute approximate surface area is 106 Å². The third-order valence-electron chi connectivity index (χ3n) is 3.21. The summed E-state index contributed by atoms with van der Waals surface area (Å²) in [6.45, 7) is 2.65. The number of amides is 1. The minimum atomic E-state index is -0.904. The van der Waals surface area contributed by atoms with Crippen LogP contribution >= 0.6 is 0 Å². The normalized spacial score (nSPS) is 20.1. The van der Waals surface area contributed by atoms with Crippen LogP contribution in [-0.4, -0.2) is 47.4 Å². The van der Waals surface area contributed by atoms with Gasteiger partial charge in [0.15, 0.2) is 0 Å². The third kappa shape index (κ3) is 4.62. The van der Waals surface area contributed by atoms with Crippen LogP contribution in [-0.2, 0) is 14.3 Å². The smallest absolute Gasteiger partial charge is 0.303 e. The summed E-state index contributed by atoms with van der Waals surface area (Å²) >= 11 is 0. The molecule has 1 aliphatic heterocycles. The molecule has 1 heterocycles. The van der Waals surface area contributed by atoms with E-state index in [0.29, 0.717) is 26.1 Å².